The molecule has 0 N–H and O–H groups in total. The second kappa shape index (κ2) is 7.85. The molecule has 0 radical (unpaired) electrons. The second-order valence-electron chi connectivity index (χ2n) is 6.43. The van der Waals surface area contributed by atoms with E-state index >= 15 is 0 Å². The average molecular weight is 353 g/mol. The van der Waals surface area contributed by atoms with E-state index in [9.17, 15) is 0 Å². The summed E-state index contributed by atoms with van der Waals surface area (Å²) in [6, 6.07) is 11.9. The summed E-state index contributed by atoms with van der Waals surface area (Å²) in [5.41, 5.74) is 2.86. The van der Waals surface area contributed by atoms with E-state index in [0.29, 0.717) is 13.2 Å². The van der Waals surface area contributed by atoms with E-state index in [2.05, 4.69) is 4.98 Å². The standard InChI is InChI=1S/C20H23N3O3/c1-24-16-9-7-15(8-10-16)13-25-14-18-17-5-4-11-21-20(17)23(22-18)19-6-2-3-12-26-19/h4-5,7-11,19H,2-3,6,12-14H2,1H3. The molecule has 6 heteroatoms. The van der Waals surface area contributed by atoms with Crippen molar-refractivity contribution in [3.63, 3.8) is 0 Å². The number of nitrogens with zero attached hydrogens (tertiary/aromatic N) is 3. The summed E-state index contributed by atoms with van der Waals surface area (Å²) >= 11 is 0. The fraction of sp³-hybridized carbons (Fsp3) is 0.400. The topological polar surface area (TPSA) is 58.4 Å². The fourth-order valence-corrected chi connectivity index (χ4v) is 3.25. The summed E-state index contributed by atoms with van der Waals surface area (Å²) < 4.78 is 18.9. The van der Waals surface area contributed by atoms with Gasteiger partial charge in [-0.05, 0) is 49.1 Å². The highest BCUT2D eigenvalue weighted by atomic mass is 16.5. The van der Waals surface area contributed by atoms with Gasteiger partial charge in [-0.15, -0.1) is 0 Å². The van der Waals surface area contributed by atoms with Crippen LogP contribution in [0.1, 0.15) is 36.7 Å². The molecule has 136 valence electrons. The summed E-state index contributed by atoms with van der Waals surface area (Å²) in [4.78, 5) is 4.51. The van der Waals surface area contributed by atoms with E-state index in [1.165, 1.54) is 0 Å². The Hall–Kier alpha value is -2.44. The molecule has 3 aromatic rings. The Labute approximate surface area is 152 Å². The molecule has 4 rings (SSSR count). The Kier molecular flexibility index (Phi) is 5.13. The summed E-state index contributed by atoms with van der Waals surface area (Å²) in [5, 5.41) is 5.78. The summed E-state index contributed by atoms with van der Waals surface area (Å²) in [5.74, 6) is 0.844. The molecule has 0 bridgehead atoms. The monoisotopic (exact) mass is 353 g/mol. The number of fused-ring (bicyclic) bond motifs is 1. The first-order valence-electron chi connectivity index (χ1n) is 8.99. The van der Waals surface area contributed by atoms with Crippen molar-refractivity contribution < 1.29 is 14.2 Å². The molecule has 0 amide bonds. The van der Waals surface area contributed by atoms with Crippen LogP contribution in [0.15, 0.2) is 42.6 Å². The molecule has 1 saturated heterocycles. The van der Waals surface area contributed by atoms with Crippen LogP contribution >= 0.6 is 0 Å². The molecule has 0 aliphatic carbocycles. The highest BCUT2D eigenvalue weighted by molar-refractivity contribution is 5.78. The van der Waals surface area contributed by atoms with E-state index in [1.807, 2.05) is 41.1 Å². The van der Waals surface area contributed by atoms with Crippen LogP contribution in [-0.4, -0.2) is 28.5 Å². The predicted octanol–water partition coefficient (Wildman–Crippen LogP) is 3.86. The van der Waals surface area contributed by atoms with E-state index < -0.39 is 0 Å². The van der Waals surface area contributed by atoms with E-state index in [0.717, 1.165) is 53.9 Å². The molecule has 6 nitrogen and oxygen atoms in total. The number of hydrogen-bond acceptors (Lipinski definition) is 5. The number of hydrogen-bond donors (Lipinski definition) is 0. The molecule has 1 unspecified atom stereocenters. The van der Waals surface area contributed by atoms with Gasteiger partial charge in [0.25, 0.3) is 0 Å². The second-order valence-corrected chi connectivity index (χ2v) is 6.43. The molecule has 1 aromatic carbocycles. The maximum absolute atomic E-state index is 5.90. The van der Waals surface area contributed by atoms with Gasteiger partial charge < -0.3 is 14.2 Å². The molecule has 0 spiro atoms. The van der Waals surface area contributed by atoms with E-state index in [4.69, 9.17) is 19.3 Å². The Bertz CT molecular complexity index is 854. The SMILES string of the molecule is COc1ccc(COCc2nn(C3CCCCO3)c3ncccc23)cc1. The number of pyridine rings is 1. The fourth-order valence-electron chi connectivity index (χ4n) is 3.25. The molecule has 26 heavy (non-hydrogen) atoms. The van der Waals surface area contributed by atoms with Gasteiger partial charge in [0.05, 0.1) is 26.0 Å². The lowest BCUT2D eigenvalue weighted by Gasteiger charge is -2.22. The van der Waals surface area contributed by atoms with Crippen molar-refractivity contribution in [2.24, 2.45) is 0 Å². The Morgan fingerprint density at radius 3 is 2.81 bits per heavy atom. The van der Waals surface area contributed by atoms with Gasteiger partial charge in [0.15, 0.2) is 11.9 Å². The van der Waals surface area contributed by atoms with Gasteiger partial charge in [-0.25, -0.2) is 9.67 Å². The lowest BCUT2D eigenvalue weighted by molar-refractivity contribution is -0.0376. The number of benzene rings is 1. The van der Waals surface area contributed by atoms with E-state index in [1.54, 1.807) is 13.3 Å². The number of ether oxygens (including phenoxy) is 3. The quantitative estimate of drug-likeness (QED) is 0.673. The van der Waals surface area contributed by atoms with Gasteiger partial charge in [0.2, 0.25) is 0 Å². The lowest BCUT2D eigenvalue weighted by atomic mass is 10.2. The van der Waals surface area contributed by atoms with Crippen molar-refractivity contribution in [3.05, 3.63) is 53.9 Å². The first-order valence-corrected chi connectivity index (χ1v) is 8.99. The van der Waals surface area contributed by atoms with Crippen LogP contribution < -0.4 is 4.74 Å². The zero-order valence-electron chi connectivity index (χ0n) is 14.9. The number of rotatable bonds is 6. The maximum Gasteiger partial charge on any atom is 0.160 e. The summed E-state index contributed by atoms with van der Waals surface area (Å²) in [6.45, 7) is 1.74. The average Bonchev–Trinajstić information content (AvgIpc) is 3.08. The van der Waals surface area contributed by atoms with Gasteiger partial charge in [-0.2, -0.15) is 5.10 Å². The first kappa shape index (κ1) is 17.0. The lowest BCUT2D eigenvalue weighted by Crippen LogP contribution is -2.19. The predicted molar refractivity (Wildman–Crippen MR) is 97.9 cm³/mol. The summed E-state index contributed by atoms with van der Waals surface area (Å²) in [6.07, 6.45) is 5.00. The van der Waals surface area contributed by atoms with Crippen molar-refractivity contribution >= 4 is 11.0 Å². The van der Waals surface area contributed by atoms with Crippen LogP contribution in [-0.2, 0) is 22.7 Å². The van der Waals surface area contributed by atoms with Gasteiger partial charge >= 0.3 is 0 Å². The van der Waals surface area contributed by atoms with Crippen LogP contribution in [0.4, 0.5) is 0 Å². The minimum atomic E-state index is -0.0310. The van der Waals surface area contributed by atoms with Crippen molar-refractivity contribution in [1.29, 1.82) is 0 Å². The van der Waals surface area contributed by atoms with Gasteiger partial charge in [0, 0.05) is 18.2 Å². The molecule has 1 aliphatic heterocycles. The zero-order chi connectivity index (χ0) is 17.8. The van der Waals surface area contributed by atoms with Crippen molar-refractivity contribution in [1.82, 2.24) is 14.8 Å². The maximum atomic E-state index is 5.90. The molecule has 1 atom stereocenters. The third-order valence-corrected chi connectivity index (χ3v) is 4.64. The molecule has 1 fully saturated rings. The van der Waals surface area contributed by atoms with Crippen molar-refractivity contribution in [2.75, 3.05) is 13.7 Å². The van der Waals surface area contributed by atoms with Crippen molar-refractivity contribution in [3.8, 4) is 5.75 Å². The highest BCUT2D eigenvalue weighted by Crippen LogP contribution is 2.27. The molecule has 3 heterocycles. The minimum absolute atomic E-state index is 0.0310. The molecular formula is C20H23N3O3. The van der Waals surface area contributed by atoms with Gasteiger partial charge in [-0.3, -0.25) is 0 Å². The van der Waals surface area contributed by atoms with E-state index in [-0.39, 0.29) is 6.23 Å². The molecule has 0 saturated carbocycles. The minimum Gasteiger partial charge on any atom is -0.497 e. The van der Waals surface area contributed by atoms with Crippen molar-refractivity contribution in [2.45, 2.75) is 38.7 Å². The third kappa shape index (κ3) is 3.57. The van der Waals surface area contributed by atoms with Gasteiger partial charge in [0.1, 0.15) is 5.75 Å². The zero-order valence-corrected chi connectivity index (χ0v) is 14.9. The molecule has 1 aliphatic rings. The van der Waals surface area contributed by atoms with Crippen LogP contribution in [0.3, 0.4) is 0 Å². The molecule has 2 aromatic heterocycles. The number of methoxy groups -OCH3 is 1. The highest BCUT2D eigenvalue weighted by Gasteiger charge is 2.21. The Morgan fingerprint density at radius 2 is 2.04 bits per heavy atom. The third-order valence-electron chi connectivity index (χ3n) is 4.64. The van der Waals surface area contributed by atoms with Crippen LogP contribution in [0.5, 0.6) is 5.75 Å². The Morgan fingerprint density at radius 1 is 1.15 bits per heavy atom. The van der Waals surface area contributed by atoms with Crippen LogP contribution in [0.2, 0.25) is 0 Å². The smallest absolute Gasteiger partial charge is 0.160 e. The Balaban J connectivity index is 1.48. The van der Waals surface area contributed by atoms with Gasteiger partial charge in [-0.1, -0.05) is 12.1 Å². The number of aromatic nitrogens is 3. The normalized spacial score (nSPS) is 17.5. The van der Waals surface area contributed by atoms with Crippen LogP contribution in [0, 0.1) is 0 Å². The van der Waals surface area contributed by atoms with Crippen LogP contribution in [0.25, 0.3) is 11.0 Å². The first-order chi connectivity index (χ1) is 12.8. The largest absolute Gasteiger partial charge is 0.497 e. The summed E-state index contributed by atoms with van der Waals surface area (Å²) in [7, 11) is 1.66. The molecular weight excluding hydrogens is 330 g/mol.